The van der Waals surface area contributed by atoms with E-state index in [0.717, 1.165) is 0 Å². The van der Waals surface area contributed by atoms with Gasteiger partial charge in [-0.15, -0.1) is 0 Å². The zero-order chi connectivity index (χ0) is 12.3. The normalized spacial score (nSPS) is 25.1. The van der Waals surface area contributed by atoms with E-state index in [2.05, 4.69) is 5.32 Å². The summed E-state index contributed by atoms with van der Waals surface area (Å²) in [5.74, 6) is -0.772. The molecular formula is C11H20N2O3. The molecule has 1 atom stereocenters. The molecule has 0 spiro atoms. The number of rotatable bonds is 4. The van der Waals surface area contributed by atoms with E-state index in [-0.39, 0.29) is 18.4 Å². The van der Waals surface area contributed by atoms with E-state index in [1.165, 1.54) is 0 Å². The van der Waals surface area contributed by atoms with Crippen molar-refractivity contribution in [3.63, 3.8) is 0 Å². The fraction of sp³-hybridized carbons (Fsp3) is 0.818. The van der Waals surface area contributed by atoms with Gasteiger partial charge in [0.25, 0.3) is 0 Å². The predicted molar refractivity (Wildman–Crippen MR) is 60.0 cm³/mol. The van der Waals surface area contributed by atoms with Crippen LogP contribution >= 0.6 is 0 Å². The van der Waals surface area contributed by atoms with Gasteiger partial charge in [0.05, 0.1) is 12.0 Å². The van der Waals surface area contributed by atoms with Gasteiger partial charge in [-0.3, -0.25) is 9.59 Å². The molecule has 1 heterocycles. The summed E-state index contributed by atoms with van der Waals surface area (Å²) < 4.78 is 0. The Morgan fingerprint density at radius 1 is 1.50 bits per heavy atom. The Morgan fingerprint density at radius 2 is 2.12 bits per heavy atom. The van der Waals surface area contributed by atoms with Gasteiger partial charge >= 0.3 is 5.97 Å². The van der Waals surface area contributed by atoms with Crippen molar-refractivity contribution in [3.05, 3.63) is 0 Å². The molecule has 1 rings (SSSR count). The summed E-state index contributed by atoms with van der Waals surface area (Å²) in [5, 5.41) is 12.1. The maximum atomic E-state index is 11.6. The molecule has 0 radical (unpaired) electrons. The summed E-state index contributed by atoms with van der Waals surface area (Å²) in [6.07, 6.45) is 0.551. The zero-order valence-corrected chi connectivity index (χ0v) is 10.1. The fourth-order valence-corrected chi connectivity index (χ4v) is 2.20. The summed E-state index contributed by atoms with van der Waals surface area (Å²) in [4.78, 5) is 24.6. The van der Waals surface area contributed by atoms with Gasteiger partial charge in [0.2, 0.25) is 5.91 Å². The van der Waals surface area contributed by atoms with Crippen molar-refractivity contribution in [1.29, 1.82) is 0 Å². The SMILES string of the molecule is CNCC(=O)N1CCC(C(=O)O)(C(C)C)C1. The van der Waals surface area contributed by atoms with Gasteiger partial charge < -0.3 is 15.3 Å². The first-order valence-electron chi connectivity index (χ1n) is 5.60. The molecule has 0 aromatic rings. The van der Waals surface area contributed by atoms with Gasteiger partial charge in [-0.25, -0.2) is 0 Å². The molecule has 0 aliphatic carbocycles. The minimum absolute atomic E-state index is 0.0220. The van der Waals surface area contributed by atoms with Gasteiger partial charge in [-0.05, 0) is 19.4 Å². The third-order valence-corrected chi connectivity index (χ3v) is 3.51. The molecule has 1 amide bonds. The summed E-state index contributed by atoms with van der Waals surface area (Å²) in [5.41, 5.74) is -0.761. The minimum Gasteiger partial charge on any atom is -0.481 e. The van der Waals surface area contributed by atoms with Crippen LogP contribution in [0.1, 0.15) is 20.3 Å². The number of carboxylic acid groups (broad SMARTS) is 1. The lowest BCUT2D eigenvalue weighted by atomic mass is 9.76. The molecule has 1 aliphatic rings. The van der Waals surface area contributed by atoms with Crippen molar-refractivity contribution >= 4 is 11.9 Å². The number of carboxylic acids is 1. The molecule has 1 fully saturated rings. The lowest BCUT2D eigenvalue weighted by Crippen LogP contribution is -2.42. The number of nitrogens with zero attached hydrogens (tertiary/aromatic N) is 1. The summed E-state index contributed by atoms with van der Waals surface area (Å²) in [6.45, 7) is 4.96. The smallest absolute Gasteiger partial charge is 0.311 e. The first-order valence-corrected chi connectivity index (χ1v) is 5.60. The van der Waals surface area contributed by atoms with E-state index in [1.54, 1.807) is 11.9 Å². The average molecular weight is 228 g/mol. The number of carbonyl (C=O) groups excluding carboxylic acids is 1. The van der Waals surface area contributed by atoms with E-state index in [9.17, 15) is 14.7 Å². The van der Waals surface area contributed by atoms with Crippen molar-refractivity contribution in [2.75, 3.05) is 26.7 Å². The van der Waals surface area contributed by atoms with Crippen molar-refractivity contribution in [3.8, 4) is 0 Å². The molecule has 1 aliphatic heterocycles. The van der Waals surface area contributed by atoms with Crippen LogP contribution in [-0.2, 0) is 9.59 Å². The Balaban J connectivity index is 2.75. The Morgan fingerprint density at radius 3 is 2.50 bits per heavy atom. The largest absolute Gasteiger partial charge is 0.481 e. The van der Waals surface area contributed by atoms with Crippen LogP contribution in [0.3, 0.4) is 0 Å². The second kappa shape index (κ2) is 4.82. The topological polar surface area (TPSA) is 69.6 Å². The minimum atomic E-state index is -0.790. The van der Waals surface area contributed by atoms with Crippen LogP contribution in [0.4, 0.5) is 0 Å². The molecule has 0 saturated carbocycles. The first-order chi connectivity index (χ1) is 7.44. The van der Waals surface area contributed by atoms with Gasteiger partial charge in [0.15, 0.2) is 0 Å². The van der Waals surface area contributed by atoms with Gasteiger partial charge in [0, 0.05) is 13.1 Å². The molecule has 0 aromatic carbocycles. The second-order valence-electron chi connectivity index (χ2n) is 4.71. The number of likely N-dealkylation sites (N-methyl/N-ethyl adjacent to an activating group) is 1. The van der Waals surface area contributed by atoms with Crippen LogP contribution in [0.25, 0.3) is 0 Å². The van der Waals surface area contributed by atoms with Gasteiger partial charge in [0.1, 0.15) is 0 Å². The molecule has 5 nitrogen and oxygen atoms in total. The fourth-order valence-electron chi connectivity index (χ4n) is 2.20. The van der Waals surface area contributed by atoms with Gasteiger partial charge in [-0.1, -0.05) is 13.8 Å². The average Bonchev–Trinajstić information content (AvgIpc) is 2.63. The summed E-state index contributed by atoms with van der Waals surface area (Å²) in [7, 11) is 1.71. The lowest BCUT2D eigenvalue weighted by molar-refractivity contribution is -0.151. The molecule has 0 aromatic heterocycles. The molecule has 5 heteroatoms. The van der Waals surface area contributed by atoms with E-state index >= 15 is 0 Å². The highest BCUT2D eigenvalue weighted by molar-refractivity contribution is 5.82. The van der Waals surface area contributed by atoms with Crippen LogP contribution in [0.5, 0.6) is 0 Å². The maximum absolute atomic E-state index is 11.6. The number of nitrogens with one attached hydrogen (secondary N) is 1. The maximum Gasteiger partial charge on any atom is 0.311 e. The molecule has 92 valence electrons. The van der Waals surface area contributed by atoms with E-state index in [4.69, 9.17) is 0 Å². The number of hydrogen-bond donors (Lipinski definition) is 2. The number of aliphatic carboxylic acids is 1. The van der Waals surface area contributed by atoms with Crippen LogP contribution < -0.4 is 5.32 Å². The Kier molecular flexibility index (Phi) is 3.91. The van der Waals surface area contributed by atoms with Crippen LogP contribution in [0.15, 0.2) is 0 Å². The number of likely N-dealkylation sites (tertiary alicyclic amines) is 1. The van der Waals surface area contributed by atoms with Crippen LogP contribution in [0.2, 0.25) is 0 Å². The standard InChI is InChI=1S/C11H20N2O3/c1-8(2)11(10(15)16)4-5-13(7-11)9(14)6-12-3/h8,12H,4-7H2,1-3H3,(H,15,16). The Labute approximate surface area is 95.8 Å². The third-order valence-electron chi connectivity index (χ3n) is 3.51. The third kappa shape index (κ3) is 2.19. The monoisotopic (exact) mass is 228 g/mol. The molecule has 0 bridgehead atoms. The number of carbonyl (C=O) groups is 2. The number of hydrogen-bond acceptors (Lipinski definition) is 3. The highest BCUT2D eigenvalue weighted by Gasteiger charge is 2.48. The molecule has 16 heavy (non-hydrogen) atoms. The lowest BCUT2D eigenvalue weighted by Gasteiger charge is -2.28. The van der Waals surface area contributed by atoms with E-state index in [0.29, 0.717) is 19.5 Å². The number of amides is 1. The molecule has 2 N–H and O–H groups in total. The van der Waals surface area contributed by atoms with E-state index < -0.39 is 11.4 Å². The Hall–Kier alpha value is -1.10. The van der Waals surface area contributed by atoms with Crippen molar-refractivity contribution in [2.45, 2.75) is 20.3 Å². The van der Waals surface area contributed by atoms with Crippen molar-refractivity contribution in [1.82, 2.24) is 10.2 Å². The van der Waals surface area contributed by atoms with Crippen LogP contribution in [0, 0.1) is 11.3 Å². The quantitative estimate of drug-likeness (QED) is 0.719. The van der Waals surface area contributed by atoms with E-state index in [1.807, 2.05) is 13.8 Å². The summed E-state index contributed by atoms with van der Waals surface area (Å²) >= 11 is 0. The van der Waals surface area contributed by atoms with Gasteiger partial charge in [-0.2, -0.15) is 0 Å². The Bertz CT molecular complexity index is 291. The van der Waals surface area contributed by atoms with Crippen molar-refractivity contribution in [2.24, 2.45) is 11.3 Å². The molecule has 1 saturated heterocycles. The van der Waals surface area contributed by atoms with Crippen molar-refractivity contribution < 1.29 is 14.7 Å². The highest BCUT2D eigenvalue weighted by Crippen LogP contribution is 2.38. The first kappa shape index (κ1) is 13.0. The second-order valence-corrected chi connectivity index (χ2v) is 4.71. The zero-order valence-electron chi connectivity index (χ0n) is 10.1. The summed E-state index contributed by atoms with van der Waals surface area (Å²) in [6, 6.07) is 0. The molecular weight excluding hydrogens is 208 g/mol. The highest BCUT2D eigenvalue weighted by atomic mass is 16.4. The van der Waals surface area contributed by atoms with Crippen LogP contribution in [-0.4, -0.2) is 48.6 Å². The predicted octanol–water partition coefficient (Wildman–Crippen LogP) is 0.165. The molecule has 1 unspecified atom stereocenters.